The van der Waals surface area contributed by atoms with Crippen molar-refractivity contribution in [3.05, 3.63) is 17.0 Å². The first-order valence-corrected chi connectivity index (χ1v) is 7.53. The molecule has 1 aromatic heterocycles. The standard InChI is InChI=1S/C9H14N2O2S3/c1-2-7-3-4-9(15-7)16(12,13)11-6-5-8(10)14/h3-4,11H,2,5-6H2,1H3,(H2,10,14). The van der Waals surface area contributed by atoms with E-state index in [1.54, 1.807) is 6.07 Å². The molecule has 1 rings (SSSR count). The zero-order chi connectivity index (χ0) is 12.2. The van der Waals surface area contributed by atoms with Gasteiger partial charge in [0.15, 0.2) is 0 Å². The lowest BCUT2D eigenvalue weighted by Crippen LogP contribution is -2.26. The Balaban J connectivity index is 2.66. The van der Waals surface area contributed by atoms with Crippen molar-refractivity contribution in [2.45, 2.75) is 24.0 Å². The Morgan fingerprint density at radius 3 is 2.75 bits per heavy atom. The SMILES string of the molecule is CCc1ccc(S(=O)(=O)NCCC(N)=S)s1. The number of hydrogen-bond acceptors (Lipinski definition) is 4. The van der Waals surface area contributed by atoms with Crippen molar-refractivity contribution in [2.24, 2.45) is 5.73 Å². The van der Waals surface area contributed by atoms with Crippen LogP contribution in [0.2, 0.25) is 0 Å². The van der Waals surface area contributed by atoms with E-state index < -0.39 is 10.0 Å². The molecule has 0 fully saturated rings. The van der Waals surface area contributed by atoms with Gasteiger partial charge in [0.25, 0.3) is 0 Å². The normalized spacial score (nSPS) is 11.6. The minimum Gasteiger partial charge on any atom is -0.393 e. The number of sulfonamides is 1. The van der Waals surface area contributed by atoms with Crippen LogP contribution < -0.4 is 10.5 Å². The predicted octanol–water partition coefficient (Wildman–Crippen LogP) is 1.27. The second-order valence-electron chi connectivity index (χ2n) is 3.19. The highest BCUT2D eigenvalue weighted by Gasteiger charge is 2.15. The van der Waals surface area contributed by atoms with E-state index in [0.29, 0.717) is 15.6 Å². The van der Waals surface area contributed by atoms with Crippen molar-refractivity contribution < 1.29 is 8.42 Å². The Labute approximate surface area is 105 Å². The Hall–Kier alpha value is -0.500. The topological polar surface area (TPSA) is 72.2 Å². The molecule has 0 saturated heterocycles. The summed E-state index contributed by atoms with van der Waals surface area (Å²) in [7, 11) is -3.39. The quantitative estimate of drug-likeness (QED) is 0.769. The number of nitrogens with one attached hydrogen (secondary N) is 1. The van der Waals surface area contributed by atoms with Gasteiger partial charge >= 0.3 is 0 Å². The van der Waals surface area contributed by atoms with Gasteiger partial charge in [-0.3, -0.25) is 0 Å². The van der Waals surface area contributed by atoms with Gasteiger partial charge < -0.3 is 5.73 Å². The van der Waals surface area contributed by atoms with Gasteiger partial charge in [-0.15, -0.1) is 11.3 Å². The minimum atomic E-state index is -3.39. The molecule has 3 N–H and O–H groups in total. The third-order valence-electron chi connectivity index (χ3n) is 1.91. The van der Waals surface area contributed by atoms with Gasteiger partial charge in [-0.25, -0.2) is 13.1 Å². The van der Waals surface area contributed by atoms with Crippen molar-refractivity contribution in [3.8, 4) is 0 Å². The number of aryl methyl sites for hydroxylation is 1. The summed E-state index contributed by atoms with van der Waals surface area (Å²) in [5.74, 6) is 0. The summed E-state index contributed by atoms with van der Waals surface area (Å²) in [5, 5.41) is 0. The molecule has 0 atom stereocenters. The number of thiocarbonyl (C=S) groups is 1. The molecule has 0 aliphatic rings. The maximum atomic E-state index is 11.8. The Kier molecular flexibility index (Phi) is 4.85. The second-order valence-corrected chi connectivity index (χ2v) is 6.87. The second kappa shape index (κ2) is 5.72. The molecule has 1 aromatic rings. The van der Waals surface area contributed by atoms with E-state index in [9.17, 15) is 8.42 Å². The van der Waals surface area contributed by atoms with Gasteiger partial charge in [0, 0.05) is 17.8 Å². The van der Waals surface area contributed by atoms with Crippen molar-refractivity contribution in [1.82, 2.24) is 4.72 Å². The van der Waals surface area contributed by atoms with Gasteiger partial charge in [-0.05, 0) is 18.6 Å². The number of hydrogen-bond donors (Lipinski definition) is 2. The number of rotatable bonds is 6. The van der Waals surface area contributed by atoms with E-state index in [2.05, 4.69) is 16.9 Å². The molecule has 0 amide bonds. The predicted molar refractivity (Wildman–Crippen MR) is 70.3 cm³/mol. The lowest BCUT2D eigenvalue weighted by atomic mass is 10.4. The third kappa shape index (κ3) is 3.82. The van der Waals surface area contributed by atoms with Gasteiger partial charge in [0.2, 0.25) is 10.0 Å². The van der Waals surface area contributed by atoms with Crippen LogP contribution in [0.3, 0.4) is 0 Å². The van der Waals surface area contributed by atoms with Crippen LogP contribution in [-0.4, -0.2) is 20.0 Å². The van der Waals surface area contributed by atoms with Gasteiger partial charge in [0.05, 0.1) is 4.99 Å². The summed E-state index contributed by atoms with van der Waals surface area (Å²) in [4.78, 5) is 1.36. The first-order chi connectivity index (χ1) is 7.45. The van der Waals surface area contributed by atoms with Crippen molar-refractivity contribution >= 4 is 38.6 Å². The molecule has 7 heteroatoms. The highest BCUT2D eigenvalue weighted by molar-refractivity contribution is 7.91. The molecule has 4 nitrogen and oxygen atoms in total. The van der Waals surface area contributed by atoms with E-state index in [4.69, 9.17) is 5.73 Å². The lowest BCUT2D eigenvalue weighted by Gasteiger charge is -2.03. The van der Waals surface area contributed by atoms with Crippen LogP contribution >= 0.6 is 23.6 Å². The van der Waals surface area contributed by atoms with Gasteiger partial charge in [0.1, 0.15) is 4.21 Å². The molecular weight excluding hydrogens is 264 g/mol. The van der Waals surface area contributed by atoms with E-state index in [1.165, 1.54) is 11.3 Å². The van der Waals surface area contributed by atoms with Crippen LogP contribution in [0, 0.1) is 0 Å². The molecule has 0 radical (unpaired) electrons. The highest BCUT2D eigenvalue weighted by Crippen LogP contribution is 2.21. The van der Waals surface area contributed by atoms with Gasteiger partial charge in [-0.1, -0.05) is 19.1 Å². The monoisotopic (exact) mass is 278 g/mol. The maximum absolute atomic E-state index is 11.8. The van der Waals surface area contributed by atoms with E-state index >= 15 is 0 Å². The fraction of sp³-hybridized carbons (Fsp3) is 0.444. The summed E-state index contributed by atoms with van der Waals surface area (Å²) in [6, 6.07) is 3.44. The first kappa shape index (κ1) is 13.6. The maximum Gasteiger partial charge on any atom is 0.250 e. The van der Waals surface area contributed by atoms with Crippen LogP contribution in [-0.2, 0) is 16.4 Å². The van der Waals surface area contributed by atoms with Crippen molar-refractivity contribution in [2.75, 3.05) is 6.54 Å². The molecule has 1 heterocycles. The summed E-state index contributed by atoms with van der Waals surface area (Å²) in [6.07, 6.45) is 1.22. The Bertz CT molecular complexity index is 465. The fourth-order valence-corrected chi connectivity index (χ4v) is 3.55. The Morgan fingerprint density at radius 1 is 1.56 bits per heavy atom. The average molecular weight is 278 g/mol. The summed E-state index contributed by atoms with van der Waals surface area (Å²) < 4.78 is 26.3. The van der Waals surface area contributed by atoms with E-state index in [-0.39, 0.29) is 6.54 Å². The van der Waals surface area contributed by atoms with Crippen molar-refractivity contribution in [1.29, 1.82) is 0 Å². The van der Waals surface area contributed by atoms with Crippen LogP contribution in [0.1, 0.15) is 18.2 Å². The molecular formula is C9H14N2O2S3. The van der Waals surface area contributed by atoms with Gasteiger partial charge in [-0.2, -0.15) is 0 Å². The largest absolute Gasteiger partial charge is 0.393 e. The molecule has 0 bridgehead atoms. The number of nitrogens with two attached hydrogens (primary N) is 1. The van der Waals surface area contributed by atoms with E-state index in [0.717, 1.165) is 11.3 Å². The van der Waals surface area contributed by atoms with Crippen LogP contribution in [0.5, 0.6) is 0 Å². The van der Waals surface area contributed by atoms with Crippen LogP contribution in [0.25, 0.3) is 0 Å². The molecule has 0 unspecified atom stereocenters. The molecule has 0 aliphatic heterocycles. The minimum absolute atomic E-state index is 0.247. The lowest BCUT2D eigenvalue weighted by molar-refractivity contribution is 0.585. The Morgan fingerprint density at radius 2 is 2.25 bits per heavy atom. The zero-order valence-electron chi connectivity index (χ0n) is 8.89. The van der Waals surface area contributed by atoms with Crippen molar-refractivity contribution in [3.63, 3.8) is 0 Å². The fourth-order valence-electron chi connectivity index (χ4n) is 1.07. The van der Waals surface area contributed by atoms with Crippen LogP contribution in [0.4, 0.5) is 0 Å². The molecule has 90 valence electrons. The smallest absolute Gasteiger partial charge is 0.250 e. The van der Waals surface area contributed by atoms with Crippen LogP contribution in [0.15, 0.2) is 16.3 Å². The summed E-state index contributed by atoms with van der Waals surface area (Å²) >= 11 is 5.95. The zero-order valence-corrected chi connectivity index (χ0v) is 11.3. The summed E-state index contributed by atoms with van der Waals surface area (Å²) in [6.45, 7) is 2.24. The highest BCUT2D eigenvalue weighted by atomic mass is 32.2. The molecule has 0 spiro atoms. The third-order valence-corrected chi connectivity index (χ3v) is 5.30. The summed E-state index contributed by atoms with van der Waals surface area (Å²) in [5.41, 5.74) is 5.29. The number of thiophene rings is 1. The molecule has 0 aromatic carbocycles. The molecule has 16 heavy (non-hydrogen) atoms. The first-order valence-electron chi connectivity index (χ1n) is 4.82. The average Bonchev–Trinajstić information content (AvgIpc) is 2.65. The van der Waals surface area contributed by atoms with E-state index in [1.807, 2.05) is 13.0 Å². The molecule has 0 aliphatic carbocycles. The molecule has 0 saturated carbocycles.